The largest absolute Gasteiger partial charge is 0.480 e. The Morgan fingerprint density at radius 2 is 2.08 bits per heavy atom. The standard InChI is InChI=1S/C17H23N5O2/c1-10(2)22-9-11(8-13(22)17(23)21(3)4)15(19)14-12(18)6-7-20-16(14)24-5/h6-10,19H,1-5H3,(H2,18,20). The first kappa shape index (κ1) is 17.5. The molecular weight excluding hydrogens is 306 g/mol. The van der Waals surface area contributed by atoms with Crippen LogP contribution in [0.2, 0.25) is 0 Å². The summed E-state index contributed by atoms with van der Waals surface area (Å²) in [5, 5.41) is 8.52. The number of carbonyl (C=O) groups excluding carboxylic acids is 1. The third-order valence-corrected chi connectivity index (χ3v) is 3.71. The van der Waals surface area contributed by atoms with Crippen LogP contribution in [0, 0.1) is 5.41 Å². The van der Waals surface area contributed by atoms with Crippen molar-refractivity contribution in [2.75, 3.05) is 26.9 Å². The smallest absolute Gasteiger partial charge is 0.269 e. The highest BCUT2D eigenvalue weighted by Crippen LogP contribution is 2.26. The first-order valence-corrected chi connectivity index (χ1v) is 7.59. The van der Waals surface area contributed by atoms with Crippen molar-refractivity contribution in [3.8, 4) is 5.88 Å². The quantitative estimate of drug-likeness (QED) is 0.822. The summed E-state index contributed by atoms with van der Waals surface area (Å²) < 4.78 is 7.08. The van der Waals surface area contributed by atoms with E-state index in [1.54, 1.807) is 32.4 Å². The maximum Gasteiger partial charge on any atom is 0.269 e. The molecule has 2 rings (SSSR count). The summed E-state index contributed by atoms with van der Waals surface area (Å²) in [6.07, 6.45) is 3.32. The van der Waals surface area contributed by atoms with Gasteiger partial charge in [-0.05, 0) is 26.0 Å². The molecule has 0 atom stereocenters. The molecule has 128 valence electrons. The fourth-order valence-corrected chi connectivity index (χ4v) is 2.45. The number of anilines is 1. The number of nitrogen functional groups attached to an aromatic ring is 1. The molecule has 0 aromatic carbocycles. The van der Waals surface area contributed by atoms with Crippen molar-refractivity contribution in [1.82, 2.24) is 14.5 Å². The molecule has 0 saturated heterocycles. The van der Waals surface area contributed by atoms with E-state index in [4.69, 9.17) is 15.9 Å². The second-order valence-electron chi connectivity index (χ2n) is 5.97. The molecule has 0 saturated carbocycles. The van der Waals surface area contributed by atoms with Crippen molar-refractivity contribution < 1.29 is 9.53 Å². The van der Waals surface area contributed by atoms with E-state index in [2.05, 4.69) is 4.98 Å². The summed E-state index contributed by atoms with van der Waals surface area (Å²) in [4.78, 5) is 18.0. The number of hydrogen-bond donors (Lipinski definition) is 2. The Morgan fingerprint density at radius 1 is 1.42 bits per heavy atom. The van der Waals surface area contributed by atoms with E-state index in [0.29, 0.717) is 22.5 Å². The minimum Gasteiger partial charge on any atom is -0.480 e. The molecule has 0 aliphatic carbocycles. The van der Waals surface area contributed by atoms with E-state index in [-0.39, 0.29) is 23.5 Å². The number of amides is 1. The molecular formula is C17H23N5O2. The Hall–Kier alpha value is -2.83. The van der Waals surface area contributed by atoms with Gasteiger partial charge in [0.1, 0.15) is 5.69 Å². The third kappa shape index (κ3) is 3.10. The molecule has 7 heteroatoms. The molecule has 2 aromatic heterocycles. The summed E-state index contributed by atoms with van der Waals surface area (Å²) in [7, 11) is 4.89. The lowest BCUT2D eigenvalue weighted by molar-refractivity contribution is 0.0815. The van der Waals surface area contributed by atoms with Crippen LogP contribution < -0.4 is 10.5 Å². The molecule has 0 unspecified atom stereocenters. The first-order valence-electron chi connectivity index (χ1n) is 7.59. The van der Waals surface area contributed by atoms with Gasteiger partial charge in [0.2, 0.25) is 5.88 Å². The van der Waals surface area contributed by atoms with Gasteiger partial charge in [0.15, 0.2) is 0 Å². The fourth-order valence-electron chi connectivity index (χ4n) is 2.45. The monoisotopic (exact) mass is 329 g/mol. The summed E-state index contributed by atoms with van der Waals surface area (Å²) in [5.74, 6) is 0.173. The van der Waals surface area contributed by atoms with Gasteiger partial charge < -0.3 is 19.9 Å². The lowest BCUT2D eigenvalue weighted by Crippen LogP contribution is -2.24. The Morgan fingerprint density at radius 3 is 2.62 bits per heavy atom. The molecule has 0 bridgehead atoms. The number of nitrogens with one attached hydrogen (secondary N) is 1. The third-order valence-electron chi connectivity index (χ3n) is 3.71. The molecule has 2 heterocycles. The van der Waals surface area contributed by atoms with Gasteiger partial charge >= 0.3 is 0 Å². The molecule has 3 N–H and O–H groups in total. The average molecular weight is 329 g/mol. The van der Waals surface area contributed by atoms with Crippen molar-refractivity contribution in [2.24, 2.45) is 0 Å². The number of rotatable bonds is 5. The predicted octanol–water partition coefficient (Wildman–Crippen LogP) is 2.17. The first-order chi connectivity index (χ1) is 11.3. The van der Waals surface area contributed by atoms with Gasteiger partial charge in [-0.2, -0.15) is 0 Å². The molecule has 0 aliphatic heterocycles. The van der Waals surface area contributed by atoms with Crippen molar-refractivity contribution in [1.29, 1.82) is 5.41 Å². The number of nitrogens with two attached hydrogens (primary N) is 1. The highest BCUT2D eigenvalue weighted by atomic mass is 16.5. The van der Waals surface area contributed by atoms with Crippen molar-refractivity contribution in [3.05, 3.63) is 41.3 Å². The lowest BCUT2D eigenvalue weighted by Gasteiger charge is -2.15. The van der Waals surface area contributed by atoms with Crippen LogP contribution in [0.15, 0.2) is 24.5 Å². The highest BCUT2D eigenvalue weighted by Gasteiger charge is 2.22. The zero-order valence-corrected chi connectivity index (χ0v) is 14.6. The topological polar surface area (TPSA) is 97.2 Å². The molecule has 0 aliphatic rings. The van der Waals surface area contributed by atoms with Gasteiger partial charge in [0.25, 0.3) is 5.91 Å². The molecule has 0 spiro atoms. The molecule has 2 aromatic rings. The molecule has 7 nitrogen and oxygen atoms in total. The van der Waals surface area contributed by atoms with Crippen molar-refractivity contribution >= 4 is 17.3 Å². The maximum atomic E-state index is 12.4. The average Bonchev–Trinajstić information content (AvgIpc) is 2.98. The maximum absolute atomic E-state index is 12.4. The number of pyridine rings is 1. The van der Waals surface area contributed by atoms with E-state index < -0.39 is 0 Å². The van der Waals surface area contributed by atoms with Crippen LogP contribution in [0.25, 0.3) is 0 Å². The minimum atomic E-state index is -0.117. The summed E-state index contributed by atoms with van der Waals surface area (Å²) in [6, 6.07) is 3.41. The summed E-state index contributed by atoms with van der Waals surface area (Å²) in [5.41, 5.74) is 8.12. The molecule has 0 fully saturated rings. The fraction of sp³-hybridized carbons (Fsp3) is 0.353. The minimum absolute atomic E-state index is 0.0820. The zero-order chi connectivity index (χ0) is 18.0. The van der Waals surface area contributed by atoms with Crippen molar-refractivity contribution in [2.45, 2.75) is 19.9 Å². The lowest BCUT2D eigenvalue weighted by atomic mass is 10.0. The summed E-state index contributed by atoms with van der Waals surface area (Å²) in [6.45, 7) is 3.97. The highest BCUT2D eigenvalue weighted by molar-refractivity contribution is 6.16. The number of ether oxygens (including phenoxy) is 1. The van der Waals surface area contributed by atoms with E-state index in [1.807, 2.05) is 18.4 Å². The van der Waals surface area contributed by atoms with Crippen LogP contribution >= 0.6 is 0 Å². The Labute approximate surface area is 141 Å². The van der Waals surface area contributed by atoms with E-state index in [1.165, 1.54) is 18.2 Å². The zero-order valence-electron chi connectivity index (χ0n) is 14.6. The summed E-state index contributed by atoms with van der Waals surface area (Å²) >= 11 is 0. The molecule has 24 heavy (non-hydrogen) atoms. The van der Waals surface area contributed by atoms with Crippen LogP contribution in [0.4, 0.5) is 5.69 Å². The Balaban J connectivity index is 2.56. The van der Waals surface area contributed by atoms with E-state index >= 15 is 0 Å². The normalized spacial score (nSPS) is 10.8. The van der Waals surface area contributed by atoms with Gasteiger partial charge in [0, 0.05) is 43.8 Å². The van der Waals surface area contributed by atoms with Crippen LogP contribution in [0.5, 0.6) is 5.88 Å². The van der Waals surface area contributed by atoms with Crippen LogP contribution in [-0.4, -0.2) is 47.3 Å². The number of methoxy groups -OCH3 is 1. The predicted molar refractivity (Wildman–Crippen MR) is 94.0 cm³/mol. The van der Waals surface area contributed by atoms with Crippen LogP contribution in [-0.2, 0) is 0 Å². The van der Waals surface area contributed by atoms with Gasteiger partial charge in [0.05, 0.1) is 18.4 Å². The Bertz CT molecular complexity index is 777. The van der Waals surface area contributed by atoms with Gasteiger partial charge in [-0.3, -0.25) is 10.2 Å². The van der Waals surface area contributed by atoms with E-state index in [0.717, 1.165) is 0 Å². The van der Waals surface area contributed by atoms with Crippen molar-refractivity contribution in [3.63, 3.8) is 0 Å². The van der Waals surface area contributed by atoms with Crippen LogP contribution in [0.3, 0.4) is 0 Å². The molecule has 1 amide bonds. The van der Waals surface area contributed by atoms with Crippen LogP contribution in [0.1, 0.15) is 41.5 Å². The van der Waals surface area contributed by atoms with Gasteiger partial charge in [-0.15, -0.1) is 0 Å². The number of aromatic nitrogens is 2. The second-order valence-corrected chi connectivity index (χ2v) is 5.97. The van der Waals surface area contributed by atoms with E-state index in [9.17, 15) is 4.79 Å². The second kappa shape index (κ2) is 6.74. The Kier molecular flexibility index (Phi) is 4.92. The van der Waals surface area contributed by atoms with Gasteiger partial charge in [-0.25, -0.2) is 4.98 Å². The van der Waals surface area contributed by atoms with Gasteiger partial charge in [-0.1, -0.05) is 0 Å². The number of carbonyl (C=O) groups is 1. The SMILES string of the molecule is COc1nccc(N)c1C(=N)c1cc(C(=O)N(C)C)n(C(C)C)c1. The number of hydrogen-bond acceptors (Lipinski definition) is 5. The number of nitrogens with zero attached hydrogens (tertiary/aromatic N) is 3. The molecule has 0 radical (unpaired) electrons.